The molecule has 0 aliphatic carbocycles. The van der Waals surface area contributed by atoms with Gasteiger partial charge >= 0.3 is 6.18 Å². The van der Waals surface area contributed by atoms with Crippen molar-refractivity contribution in [1.82, 2.24) is 10.3 Å². The van der Waals surface area contributed by atoms with Gasteiger partial charge in [0, 0.05) is 32.2 Å². The maximum atomic E-state index is 14.5. The third-order valence-electron chi connectivity index (χ3n) is 5.86. The molecule has 2 aromatic rings. The molecule has 1 aliphatic heterocycles. The fourth-order valence-electron chi connectivity index (χ4n) is 4.02. The van der Waals surface area contributed by atoms with Gasteiger partial charge in [0.15, 0.2) is 0 Å². The largest absolute Gasteiger partial charge is 0.433 e. The summed E-state index contributed by atoms with van der Waals surface area (Å²) in [5, 5.41) is 2.69. The molecule has 1 aromatic carbocycles. The Kier molecular flexibility index (Phi) is 8.57. The Labute approximate surface area is 209 Å². The van der Waals surface area contributed by atoms with Crippen LogP contribution in [0.2, 0.25) is 0 Å². The quantitative estimate of drug-likeness (QED) is 0.416. The number of nitrogens with zero attached hydrogens (tertiary/aromatic N) is 3. The van der Waals surface area contributed by atoms with E-state index in [0.29, 0.717) is 24.2 Å². The van der Waals surface area contributed by atoms with Crippen LogP contribution in [0.3, 0.4) is 0 Å². The number of ether oxygens (including phenoxy) is 1. The van der Waals surface area contributed by atoms with Crippen molar-refractivity contribution in [2.24, 2.45) is 0 Å². The van der Waals surface area contributed by atoms with Crippen LogP contribution in [0.25, 0.3) is 0 Å². The Hall–Kier alpha value is -2.77. The number of hydrogen-bond acceptors (Lipinski definition) is 5. The van der Waals surface area contributed by atoms with Gasteiger partial charge in [0.1, 0.15) is 17.3 Å². The molecule has 1 aromatic heterocycles. The number of halogens is 4. The fourth-order valence-corrected chi connectivity index (χ4v) is 4.33. The Morgan fingerprint density at radius 2 is 1.92 bits per heavy atom. The summed E-state index contributed by atoms with van der Waals surface area (Å²) in [5.41, 5.74) is -0.412. The fraction of sp³-hybridized carbons (Fsp3) is 0.478. The average Bonchev–Trinajstić information content (AvgIpc) is 2.80. The predicted octanol–water partition coefficient (Wildman–Crippen LogP) is 3.85. The lowest BCUT2D eigenvalue weighted by atomic mass is 9.99. The Balaban J connectivity index is 1.79. The van der Waals surface area contributed by atoms with E-state index in [4.69, 9.17) is 9.29 Å². The summed E-state index contributed by atoms with van der Waals surface area (Å²) in [5.74, 6) is -1.93. The summed E-state index contributed by atoms with van der Waals surface area (Å²) < 4.78 is 81.3. The first kappa shape index (κ1) is 27.8. The predicted molar refractivity (Wildman–Crippen MR) is 127 cm³/mol. The molecule has 1 aliphatic rings. The van der Waals surface area contributed by atoms with Gasteiger partial charge in [-0.05, 0) is 44.5 Å². The van der Waals surface area contributed by atoms with Crippen LogP contribution in [0, 0.1) is 5.82 Å². The molecule has 4 atom stereocenters. The molecule has 1 saturated heterocycles. The van der Waals surface area contributed by atoms with Gasteiger partial charge < -0.3 is 15.0 Å². The molecule has 2 heterocycles. The number of morpholine rings is 1. The van der Waals surface area contributed by atoms with Crippen LogP contribution in [0.4, 0.5) is 29.1 Å². The van der Waals surface area contributed by atoms with Crippen molar-refractivity contribution in [3.05, 3.63) is 53.0 Å². The van der Waals surface area contributed by atoms with Crippen LogP contribution >= 0.6 is 0 Å². The van der Waals surface area contributed by atoms with Crippen LogP contribution in [0.15, 0.2) is 30.3 Å². The molecular formula is C23H28F4N4O4S. The van der Waals surface area contributed by atoms with Crippen molar-refractivity contribution >= 4 is 28.7 Å². The number of nitrogens with one attached hydrogen (secondary N) is 1. The number of pyridine rings is 1. The zero-order chi connectivity index (χ0) is 26.8. The monoisotopic (exact) mass is 532 g/mol. The highest BCUT2D eigenvalue weighted by atomic mass is 32.2. The van der Waals surface area contributed by atoms with Crippen molar-refractivity contribution < 1.29 is 35.9 Å². The first-order valence-corrected chi connectivity index (χ1v) is 12.2. The summed E-state index contributed by atoms with van der Waals surface area (Å²) in [6.45, 7) is 5.79. The molecule has 2 N–H and O–H groups in total. The van der Waals surface area contributed by atoms with Gasteiger partial charge in [0.05, 0.1) is 23.8 Å². The van der Waals surface area contributed by atoms with Crippen LogP contribution < -0.4 is 14.5 Å². The minimum Gasteiger partial charge on any atom is -0.372 e. The highest BCUT2D eigenvalue weighted by Gasteiger charge is 2.34. The lowest BCUT2D eigenvalue weighted by Crippen LogP contribution is -2.46. The molecule has 1 fully saturated rings. The number of alkyl halides is 3. The lowest BCUT2D eigenvalue weighted by molar-refractivity contribution is -0.141. The zero-order valence-electron chi connectivity index (χ0n) is 20.2. The second-order valence-electron chi connectivity index (χ2n) is 8.72. The maximum Gasteiger partial charge on any atom is 0.433 e. The summed E-state index contributed by atoms with van der Waals surface area (Å²) in [6.07, 6.45) is -5.05. The van der Waals surface area contributed by atoms with Gasteiger partial charge in [-0.1, -0.05) is 12.1 Å². The molecule has 0 spiro atoms. The van der Waals surface area contributed by atoms with Gasteiger partial charge in [-0.25, -0.2) is 13.6 Å². The molecule has 8 nitrogen and oxygen atoms in total. The Bertz CT molecular complexity index is 1120. The first-order chi connectivity index (χ1) is 16.8. The van der Waals surface area contributed by atoms with Crippen LogP contribution in [0.5, 0.6) is 0 Å². The van der Waals surface area contributed by atoms with Crippen LogP contribution in [-0.2, 0) is 33.5 Å². The molecule has 36 heavy (non-hydrogen) atoms. The molecule has 3 rings (SSSR count). The van der Waals surface area contributed by atoms with Crippen LogP contribution in [0.1, 0.15) is 43.5 Å². The molecule has 198 valence electrons. The molecule has 13 heteroatoms. The summed E-state index contributed by atoms with van der Waals surface area (Å²) in [6, 6.07) is 6.02. The van der Waals surface area contributed by atoms with Crippen molar-refractivity contribution in [3.8, 4) is 0 Å². The Morgan fingerprint density at radius 1 is 1.28 bits per heavy atom. The highest BCUT2D eigenvalue weighted by molar-refractivity contribution is 7.80. The molecule has 0 radical (unpaired) electrons. The number of anilines is 2. The normalized spacial score (nSPS) is 20.1. The number of rotatable bonds is 7. The number of aromatic nitrogens is 1. The minimum absolute atomic E-state index is 0.0867. The summed E-state index contributed by atoms with van der Waals surface area (Å²) >= 11 is -2.41. The topological polar surface area (TPSA) is 95.0 Å². The Morgan fingerprint density at radius 3 is 2.47 bits per heavy atom. The number of benzene rings is 1. The second-order valence-corrected chi connectivity index (χ2v) is 9.73. The van der Waals surface area contributed by atoms with Gasteiger partial charge in [-0.3, -0.25) is 13.7 Å². The molecule has 1 amide bonds. The van der Waals surface area contributed by atoms with Gasteiger partial charge in [0.25, 0.3) is 11.3 Å². The third kappa shape index (κ3) is 6.51. The van der Waals surface area contributed by atoms with E-state index in [2.05, 4.69) is 10.3 Å². The lowest BCUT2D eigenvalue weighted by Gasteiger charge is -2.37. The molecule has 4 unspecified atom stereocenters. The SMILES string of the molecule is CC1CN(c2nc(C(F)(F)F)ccc2CNC(=O)C(C)c2ccc(N(C)S(=O)O)c(F)c2)CC(C)O1. The zero-order valence-corrected chi connectivity index (χ0v) is 21.0. The van der Waals surface area contributed by atoms with Gasteiger partial charge in [-0.15, -0.1) is 0 Å². The van der Waals surface area contributed by atoms with Gasteiger partial charge in [-0.2, -0.15) is 13.2 Å². The van der Waals surface area contributed by atoms with E-state index < -0.39 is 40.8 Å². The van der Waals surface area contributed by atoms with E-state index in [0.717, 1.165) is 16.4 Å². The van der Waals surface area contributed by atoms with Crippen molar-refractivity contribution in [1.29, 1.82) is 0 Å². The van der Waals surface area contributed by atoms with E-state index in [1.165, 1.54) is 25.2 Å². The minimum atomic E-state index is -4.62. The maximum absolute atomic E-state index is 14.5. The van der Waals surface area contributed by atoms with Gasteiger partial charge in [0.2, 0.25) is 5.91 Å². The van der Waals surface area contributed by atoms with E-state index >= 15 is 0 Å². The van der Waals surface area contributed by atoms with Crippen LogP contribution in [-0.4, -0.2) is 52.0 Å². The highest BCUT2D eigenvalue weighted by Crippen LogP contribution is 2.32. The second kappa shape index (κ2) is 11.1. The number of carbonyl (C=O) groups excluding carboxylic acids is 1. The van der Waals surface area contributed by atoms with E-state index in [1.807, 2.05) is 13.8 Å². The smallest absolute Gasteiger partial charge is 0.372 e. The van der Waals surface area contributed by atoms with Crippen molar-refractivity contribution in [2.75, 3.05) is 29.3 Å². The number of hydrogen-bond donors (Lipinski definition) is 2. The average molecular weight is 533 g/mol. The molecular weight excluding hydrogens is 504 g/mol. The number of amides is 1. The van der Waals surface area contributed by atoms with E-state index in [9.17, 15) is 26.6 Å². The van der Waals surface area contributed by atoms with Crippen molar-refractivity contribution in [3.63, 3.8) is 0 Å². The van der Waals surface area contributed by atoms with Crippen molar-refractivity contribution in [2.45, 2.75) is 51.6 Å². The van der Waals surface area contributed by atoms with E-state index in [-0.39, 0.29) is 30.3 Å². The number of carbonyl (C=O) groups is 1. The standard InChI is InChI=1S/C23H28F4N4O4S/c1-13-11-31(12-14(2)35-13)21-17(6-8-20(29-21)23(25,26)27)10-28-22(32)15(3)16-5-7-19(18(24)9-16)30(4)36(33)34/h5-9,13-15H,10-12H2,1-4H3,(H,28,32)(H,33,34). The molecule has 0 bridgehead atoms. The van der Waals surface area contributed by atoms with E-state index in [1.54, 1.807) is 11.8 Å². The molecule has 0 saturated carbocycles. The summed E-state index contributed by atoms with van der Waals surface area (Å²) in [7, 11) is 1.25. The summed E-state index contributed by atoms with van der Waals surface area (Å²) in [4.78, 5) is 18.4. The first-order valence-electron chi connectivity index (χ1n) is 11.2. The third-order valence-corrected chi connectivity index (χ3v) is 6.52.